The van der Waals surface area contributed by atoms with E-state index >= 15 is 0 Å². The third-order valence-corrected chi connectivity index (χ3v) is 4.00. The van der Waals surface area contributed by atoms with Crippen molar-refractivity contribution < 1.29 is 9.90 Å². The average Bonchev–Trinajstić information content (AvgIpc) is 2.81. The summed E-state index contributed by atoms with van der Waals surface area (Å²) in [7, 11) is 0. The first-order chi connectivity index (χ1) is 11.9. The van der Waals surface area contributed by atoms with E-state index in [1.807, 2.05) is 13.8 Å². The number of nitrogens with zero attached hydrogens (tertiary/aromatic N) is 4. The minimum absolute atomic E-state index is 0.0391. The number of pyridine rings is 2. The standard InChI is InChI=1S/C17H17ClN4O3/c1-10(2)8-22-15-13(5-12(7-20-15)16(23)24)21(17(22)25)9-11-3-4-14(18)19-6-11/h3-7,10H,8-9H2,1-2H3,(H,23,24). The number of rotatable bonds is 5. The molecule has 1 N–H and O–H groups in total. The van der Waals surface area contributed by atoms with Gasteiger partial charge in [-0.05, 0) is 23.6 Å². The summed E-state index contributed by atoms with van der Waals surface area (Å²) in [5.41, 5.74) is 1.56. The van der Waals surface area contributed by atoms with Crippen molar-refractivity contribution in [2.24, 2.45) is 5.92 Å². The third-order valence-electron chi connectivity index (χ3n) is 3.78. The van der Waals surface area contributed by atoms with E-state index in [4.69, 9.17) is 11.6 Å². The molecular weight excluding hydrogens is 344 g/mol. The summed E-state index contributed by atoms with van der Waals surface area (Å²) in [4.78, 5) is 32.4. The van der Waals surface area contributed by atoms with Crippen LogP contribution in [-0.2, 0) is 13.1 Å². The van der Waals surface area contributed by atoms with Crippen LogP contribution in [0.3, 0.4) is 0 Å². The Bertz CT molecular complexity index is 990. The molecule has 3 aromatic rings. The molecule has 0 aliphatic heterocycles. The Hall–Kier alpha value is -2.67. The van der Waals surface area contributed by atoms with Crippen molar-refractivity contribution in [3.63, 3.8) is 0 Å². The fraction of sp³-hybridized carbons (Fsp3) is 0.294. The lowest BCUT2D eigenvalue weighted by Gasteiger charge is -2.05. The minimum Gasteiger partial charge on any atom is -0.478 e. The molecule has 25 heavy (non-hydrogen) atoms. The van der Waals surface area contributed by atoms with E-state index in [1.54, 1.807) is 22.9 Å². The molecule has 0 saturated heterocycles. The topological polar surface area (TPSA) is 90.0 Å². The van der Waals surface area contributed by atoms with Gasteiger partial charge in [-0.25, -0.2) is 19.6 Å². The monoisotopic (exact) mass is 360 g/mol. The van der Waals surface area contributed by atoms with Crippen LogP contribution >= 0.6 is 11.6 Å². The van der Waals surface area contributed by atoms with Crippen LogP contribution in [0.25, 0.3) is 11.2 Å². The number of carboxylic acid groups (broad SMARTS) is 1. The van der Waals surface area contributed by atoms with Gasteiger partial charge in [0.2, 0.25) is 0 Å². The minimum atomic E-state index is -1.09. The first-order valence-corrected chi connectivity index (χ1v) is 8.17. The van der Waals surface area contributed by atoms with Crippen molar-refractivity contribution in [1.82, 2.24) is 19.1 Å². The number of carboxylic acids is 1. The first kappa shape index (κ1) is 17.2. The Morgan fingerprint density at radius 1 is 1.24 bits per heavy atom. The highest BCUT2D eigenvalue weighted by Crippen LogP contribution is 2.16. The molecule has 0 amide bonds. The molecule has 0 aliphatic rings. The summed E-state index contributed by atoms with van der Waals surface area (Å²) in [5.74, 6) is -0.840. The predicted molar refractivity (Wildman–Crippen MR) is 94.1 cm³/mol. The van der Waals surface area contributed by atoms with E-state index < -0.39 is 5.97 Å². The van der Waals surface area contributed by atoms with Crippen LogP contribution in [0, 0.1) is 5.92 Å². The van der Waals surface area contributed by atoms with Crippen molar-refractivity contribution in [1.29, 1.82) is 0 Å². The van der Waals surface area contributed by atoms with Gasteiger partial charge in [-0.3, -0.25) is 9.13 Å². The second-order valence-electron chi connectivity index (χ2n) is 6.23. The van der Waals surface area contributed by atoms with Gasteiger partial charge in [0.15, 0.2) is 5.65 Å². The van der Waals surface area contributed by atoms with Gasteiger partial charge in [-0.1, -0.05) is 31.5 Å². The van der Waals surface area contributed by atoms with Gasteiger partial charge in [-0.15, -0.1) is 0 Å². The lowest BCUT2D eigenvalue weighted by molar-refractivity contribution is 0.0696. The Balaban J connectivity index is 2.18. The molecule has 0 atom stereocenters. The maximum atomic E-state index is 12.9. The van der Waals surface area contributed by atoms with E-state index in [0.717, 1.165) is 5.56 Å². The Morgan fingerprint density at radius 3 is 2.60 bits per heavy atom. The van der Waals surface area contributed by atoms with Gasteiger partial charge in [0.25, 0.3) is 0 Å². The van der Waals surface area contributed by atoms with Crippen molar-refractivity contribution >= 4 is 28.7 Å². The molecular formula is C17H17ClN4O3. The van der Waals surface area contributed by atoms with E-state index in [2.05, 4.69) is 9.97 Å². The van der Waals surface area contributed by atoms with Crippen LogP contribution in [0.4, 0.5) is 0 Å². The molecule has 3 rings (SSSR count). The van der Waals surface area contributed by atoms with Crippen molar-refractivity contribution in [2.75, 3.05) is 0 Å². The highest BCUT2D eigenvalue weighted by atomic mass is 35.5. The van der Waals surface area contributed by atoms with Crippen molar-refractivity contribution in [3.8, 4) is 0 Å². The number of aromatic carboxylic acids is 1. The van der Waals surface area contributed by atoms with E-state index in [0.29, 0.717) is 22.9 Å². The molecule has 0 spiro atoms. The molecule has 0 aromatic carbocycles. The Morgan fingerprint density at radius 2 is 2.00 bits per heavy atom. The van der Waals surface area contributed by atoms with E-state index in [1.165, 1.54) is 16.8 Å². The molecule has 8 heteroatoms. The summed E-state index contributed by atoms with van der Waals surface area (Å²) in [6.45, 7) is 4.77. The molecule has 0 aliphatic carbocycles. The van der Waals surface area contributed by atoms with Gasteiger partial charge in [0.1, 0.15) is 5.15 Å². The van der Waals surface area contributed by atoms with Crippen molar-refractivity contribution in [3.05, 3.63) is 57.4 Å². The normalized spacial score (nSPS) is 11.4. The highest BCUT2D eigenvalue weighted by Gasteiger charge is 2.17. The van der Waals surface area contributed by atoms with Crippen molar-refractivity contribution in [2.45, 2.75) is 26.9 Å². The molecule has 0 radical (unpaired) electrons. The predicted octanol–water partition coefficient (Wildman–Crippen LogP) is 2.65. The van der Waals surface area contributed by atoms with Gasteiger partial charge < -0.3 is 5.11 Å². The van der Waals surface area contributed by atoms with Crippen LogP contribution in [0.5, 0.6) is 0 Å². The summed E-state index contributed by atoms with van der Waals surface area (Å²) < 4.78 is 3.09. The van der Waals surface area contributed by atoms with E-state index in [9.17, 15) is 14.7 Å². The number of hydrogen-bond acceptors (Lipinski definition) is 4. The van der Waals surface area contributed by atoms with Crippen LogP contribution in [0.1, 0.15) is 29.8 Å². The van der Waals surface area contributed by atoms with Crippen LogP contribution < -0.4 is 5.69 Å². The zero-order valence-corrected chi connectivity index (χ0v) is 14.6. The second kappa shape index (κ2) is 6.68. The summed E-state index contributed by atoms with van der Waals surface area (Å²) in [6, 6.07) is 4.91. The van der Waals surface area contributed by atoms with Gasteiger partial charge in [-0.2, -0.15) is 0 Å². The summed E-state index contributed by atoms with van der Waals surface area (Å²) in [6.07, 6.45) is 2.87. The quantitative estimate of drug-likeness (QED) is 0.706. The van der Waals surface area contributed by atoms with Crippen LogP contribution in [-0.4, -0.2) is 30.2 Å². The zero-order chi connectivity index (χ0) is 18.1. The van der Waals surface area contributed by atoms with Crippen LogP contribution in [0.2, 0.25) is 5.15 Å². The molecule has 3 aromatic heterocycles. The number of fused-ring (bicyclic) bond motifs is 1. The maximum absolute atomic E-state index is 12.9. The van der Waals surface area contributed by atoms with E-state index in [-0.39, 0.29) is 23.7 Å². The number of hydrogen-bond donors (Lipinski definition) is 1. The molecule has 3 heterocycles. The molecule has 0 fully saturated rings. The van der Waals surface area contributed by atoms with Gasteiger partial charge in [0.05, 0.1) is 17.6 Å². The lowest BCUT2D eigenvalue weighted by atomic mass is 10.2. The average molecular weight is 361 g/mol. The second-order valence-corrected chi connectivity index (χ2v) is 6.62. The third kappa shape index (κ3) is 3.41. The fourth-order valence-electron chi connectivity index (χ4n) is 2.67. The first-order valence-electron chi connectivity index (χ1n) is 7.79. The molecule has 0 bridgehead atoms. The highest BCUT2D eigenvalue weighted by molar-refractivity contribution is 6.29. The Kier molecular flexibility index (Phi) is 4.59. The van der Waals surface area contributed by atoms with Crippen LogP contribution in [0.15, 0.2) is 35.4 Å². The lowest BCUT2D eigenvalue weighted by Crippen LogP contribution is -2.26. The fourth-order valence-corrected chi connectivity index (χ4v) is 2.79. The number of halogens is 1. The maximum Gasteiger partial charge on any atom is 0.337 e. The number of imidazole rings is 1. The van der Waals surface area contributed by atoms with Gasteiger partial charge in [0, 0.05) is 18.9 Å². The Labute approximate surface area is 148 Å². The van der Waals surface area contributed by atoms with Gasteiger partial charge >= 0.3 is 11.7 Å². The molecule has 0 unspecified atom stereocenters. The zero-order valence-electron chi connectivity index (χ0n) is 13.8. The molecule has 130 valence electrons. The smallest absolute Gasteiger partial charge is 0.337 e. The summed E-state index contributed by atoms with van der Waals surface area (Å²) >= 11 is 5.80. The molecule has 7 nitrogen and oxygen atoms in total. The summed E-state index contributed by atoms with van der Waals surface area (Å²) in [5, 5.41) is 9.59. The molecule has 0 saturated carbocycles. The largest absolute Gasteiger partial charge is 0.478 e. The number of carbonyl (C=O) groups is 1. The SMILES string of the molecule is CC(C)Cn1c(=O)n(Cc2ccc(Cl)nc2)c2cc(C(=O)O)cnc21. The number of aromatic nitrogens is 4.